The van der Waals surface area contributed by atoms with Gasteiger partial charge in [-0.1, -0.05) is 40.0 Å². The van der Waals surface area contributed by atoms with E-state index in [1.807, 2.05) is 20.8 Å². The van der Waals surface area contributed by atoms with Gasteiger partial charge in [0.25, 0.3) is 0 Å². The number of carboxylic acids is 1. The van der Waals surface area contributed by atoms with E-state index >= 15 is 0 Å². The first-order valence-electron chi connectivity index (χ1n) is 6.94. The summed E-state index contributed by atoms with van der Waals surface area (Å²) >= 11 is 0. The molecule has 0 aliphatic rings. The quantitative estimate of drug-likeness (QED) is 0.591. The molecule has 0 heterocycles. The fourth-order valence-electron chi connectivity index (χ4n) is 1.61. The Balaban J connectivity index is 3.35. The average Bonchev–Trinajstić information content (AvgIpc) is 2.30. The molecular weight excluding hydrogens is 230 g/mol. The molecule has 0 spiro atoms. The molecule has 0 saturated heterocycles. The van der Waals surface area contributed by atoms with Crippen LogP contribution in [0.25, 0.3) is 0 Å². The molecule has 0 rings (SSSR count). The molecule has 4 nitrogen and oxygen atoms in total. The molecule has 0 aliphatic carbocycles. The van der Waals surface area contributed by atoms with Crippen LogP contribution < -0.4 is 5.32 Å². The van der Waals surface area contributed by atoms with Crippen LogP contribution in [-0.4, -0.2) is 23.5 Å². The van der Waals surface area contributed by atoms with E-state index in [1.54, 1.807) is 0 Å². The van der Waals surface area contributed by atoms with Crippen molar-refractivity contribution in [3.8, 4) is 0 Å². The summed E-state index contributed by atoms with van der Waals surface area (Å²) in [6, 6.07) is 0. The molecule has 2 N–H and O–H groups in total. The van der Waals surface area contributed by atoms with E-state index in [9.17, 15) is 9.59 Å². The highest BCUT2D eigenvalue weighted by atomic mass is 16.4. The Morgan fingerprint density at radius 1 is 1.00 bits per heavy atom. The number of carbonyl (C=O) groups is 2. The molecule has 4 heteroatoms. The lowest BCUT2D eigenvalue weighted by molar-refractivity contribution is -0.137. The molecule has 0 fully saturated rings. The number of hydrogen-bond acceptors (Lipinski definition) is 2. The van der Waals surface area contributed by atoms with Crippen LogP contribution in [0.15, 0.2) is 0 Å². The van der Waals surface area contributed by atoms with Crippen molar-refractivity contribution in [3.05, 3.63) is 0 Å². The first kappa shape index (κ1) is 16.9. The SMILES string of the molecule is CC(C)C(C)C(=O)NCCCCCCCC(=O)O. The second kappa shape index (κ2) is 9.92. The molecule has 0 bridgehead atoms. The maximum Gasteiger partial charge on any atom is 0.303 e. The number of carbonyl (C=O) groups excluding carboxylic acids is 1. The van der Waals surface area contributed by atoms with Gasteiger partial charge in [0.1, 0.15) is 0 Å². The summed E-state index contributed by atoms with van der Waals surface area (Å²) < 4.78 is 0. The molecule has 0 aromatic carbocycles. The Morgan fingerprint density at radius 2 is 1.56 bits per heavy atom. The summed E-state index contributed by atoms with van der Waals surface area (Å²) in [7, 11) is 0. The van der Waals surface area contributed by atoms with Gasteiger partial charge in [-0.25, -0.2) is 0 Å². The van der Waals surface area contributed by atoms with Crippen molar-refractivity contribution >= 4 is 11.9 Å². The number of nitrogens with one attached hydrogen (secondary N) is 1. The zero-order valence-electron chi connectivity index (χ0n) is 11.9. The summed E-state index contributed by atoms with van der Waals surface area (Å²) in [5, 5.41) is 11.4. The van der Waals surface area contributed by atoms with Gasteiger partial charge in [0, 0.05) is 18.9 Å². The smallest absolute Gasteiger partial charge is 0.303 e. The zero-order valence-corrected chi connectivity index (χ0v) is 11.9. The molecule has 106 valence electrons. The molecular formula is C14H27NO3. The lowest BCUT2D eigenvalue weighted by atomic mass is 9.97. The van der Waals surface area contributed by atoms with Crippen molar-refractivity contribution in [2.24, 2.45) is 11.8 Å². The van der Waals surface area contributed by atoms with Crippen LogP contribution in [0, 0.1) is 11.8 Å². The molecule has 0 radical (unpaired) electrons. The summed E-state index contributed by atoms with van der Waals surface area (Å²) in [6.45, 7) is 6.78. The monoisotopic (exact) mass is 257 g/mol. The molecule has 1 amide bonds. The van der Waals surface area contributed by atoms with Crippen LogP contribution in [-0.2, 0) is 9.59 Å². The summed E-state index contributed by atoms with van der Waals surface area (Å²) in [5.41, 5.74) is 0. The molecule has 18 heavy (non-hydrogen) atoms. The fourth-order valence-corrected chi connectivity index (χ4v) is 1.61. The number of carboxylic acid groups (broad SMARTS) is 1. The van der Waals surface area contributed by atoms with Gasteiger partial charge >= 0.3 is 5.97 Å². The highest BCUT2D eigenvalue weighted by Crippen LogP contribution is 2.09. The van der Waals surface area contributed by atoms with E-state index in [0.29, 0.717) is 5.92 Å². The van der Waals surface area contributed by atoms with E-state index in [-0.39, 0.29) is 18.2 Å². The first-order chi connectivity index (χ1) is 8.45. The van der Waals surface area contributed by atoms with Crippen LogP contribution in [0.5, 0.6) is 0 Å². The topological polar surface area (TPSA) is 66.4 Å². The minimum absolute atomic E-state index is 0.0700. The first-order valence-corrected chi connectivity index (χ1v) is 6.94. The van der Waals surface area contributed by atoms with E-state index in [4.69, 9.17) is 5.11 Å². The lowest BCUT2D eigenvalue weighted by Gasteiger charge is -2.15. The number of aliphatic carboxylic acids is 1. The van der Waals surface area contributed by atoms with Gasteiger partial charge in [0.2, 0.25) is 5.91 Å². The van der Waals surface area contributed by atoms with Crippen LogP contribution in [0.1, 0.15) is 59.3 Å². The molecule has 0 saturated carbocycles. The summed E-state index contributed by atoms with van der Waals surface area (Å²) in [6.07, 6.45) is 5.06. The third kappa shape index (κ3) is 9.02. The fraction of sp³-hybridized carbons (Fsp3) is 0.857. The number of hydrogen-bond donors (Lipinski definition) is 2. The number of unbranched alkanes of at least 4 members (excludes halogenated alkanes) is 4. The minimum Gasteiger partial charge on any atom is -0.481 e. The van der Waals surface area contributed by atoms with Crippen molar-refractivity contribution in [1.29, 1.82) is 0 Å². The Hall–Kier alpha value is -1.06. The minimum atomic E-state index is -0.718. The van der Waals surface area contributed by atoms with E-state index in [0.717, 1.165) is 38.6 Å². The van der Waals surface area contributed by atoms with E-state index in [1.165, 1.54) is 0 Å². The van der Waals surface area contributed by atoms with Gasteiger partial charge in [-0.05, 0) is 18.8 Å². The molecule has 0 aromatic rings. The highest BCUT2D eigenvalue weighted by molar-refractivity contribution is 5.78. The maximum absolute atomic E-state index is 11.6. The third-order valence-electron chi connectivity index (χ3n) is 3.28. The standard InChI is InChI=1S/C14H27NO3/c1-11(2)12(3)14(18)15-10-8-6-4-5-7-9-13(16)17/h11-12H,4-10H2,1-3H3,(H,15,18)(H,16,17). The maximum atomic E-state index is 11.6. The Bertz CT molecular complexity index is 251. The molecule has 0 aromatic heterocycles. The summed E-state index contributed by atoms with van der Waals surface area (Å²) in [4.78, 5) is 21.9. The predicted octanol–water partition coefficient (Wildman–Crippen LogP) is 2.82. The van der Waals surface area contributed by atoms with Crippen LogP contribution in [0.4, 0.5) is 0 Å². The predicted molar refractivity (Wildman–Crippen MR) is 72.3 cm³/mol. The van der Waals surface area contributed by atoms with Crippen molar-refractivity contribution < 1.29 is 14.7 Å². The molecule has 0 aliphatic heterocycles. The van der Waals surface area contributed by atoms with Crippen molar-refractivity contribution in [2.45, 2.75) is 59.3 Å². The average molecular weight is 257 g/mol. The lowest BCUT2D eigenvalue weighted by Crippen LogP contribution is -2.32. The number of amides is 1. The highest BCUT2D eigenvalue weighted by Gasteiger charge is 2.15. The van der Waals surface area contributed by atoms with E-state index < -0.39 is 5.97 Å². The Labute approximate surface area is 110 Å². The second-order valence-electron chi connectivity index (χ2n) is 5.24. The van der Waals surface area contributed by atoms with E-state index in [2.05, 4.69) is 5.32 Å². The molecule has 1 atom stereocenters. The number of rotatable bonds is 10. The normalized spacial score (nSPS) is 12.4. The van der Waals surface area contributed by atoms with Gasteiger partial charge < -0.3 is 10.4 Å². The van der Waals surface area contributed by atoms with Crippen molar-refractivity contribution in [3.63, 3.8) is 0 Å². The zero-order chi connectivity index (χ0) is 14.0. The molecule has 1 unspecified atom stereocenters. The van der Waals surface area contributed by atoms with Gasteiger partial charge in [-0.2, -0.15) is 0 Å². The van der Waals surface area contributed by atoms with Gasteiger partial charge in [-0.3, -0.25) is 9.59 Å². The largest absolute Gasteiger partial charge is 0.481 e. The summed E-state index contributed by atoms with van der Waals surface area (Å²) in [5.74, 6) is -0.137. The van der Waals surface area contributed by atoms with Gasteiger partial charge in [0.15, 0.2) is 0 Å². The van der Waals surface area contributed by atoms with Crippen molar-refractivity contribution in [2.75, 3.05) is 6.54 Å². The Kier molecular flexibility index (Phi) is 9.33. The van der Waals surface area contributed by atoms with Gasteiger partial charge in [0.05, 0.1) is 0 Å². The van der Waals surface area contributed by atoms with Crippen LogP contribution in [0.3, 0.4) is 0 Å². The Morgan fingerprint density at radius 3 is 2.11 bits per heavy atom. The van der Waals surface area contributed by atoms with Crippen molar-refractivity contribution in [1.82, 2.24) is 5.32 Å². The second-order valence-corrected chi connectivity index (χ2v) is 5.24. The third-order valence-corrected chi connectivity index (χ3v) is 3.28. The van der Waals surface area contributed by atoms with Gasteiger partial charge in [-0.15, -0.1) is 0 Å². The van der Waals surface area contributed by atoms with Crippen LogP contribution in [0.2, 0.25) is 0 Å². The van der Waals surface area contributed by atoms with Crippen LogP contribution >= 0.6 is 0 Å².